The normalized spacial score (nSPS) is 21.6. The van der Waals surface area contributed by atoms with Crippen molar-refractivity contribution in [2.24, 2.45) is 5.92 Å². The Labute approximate surface area is 121 Å². The number of piperidine rings is 1. The Morgan fingerprint density at radius 3 is 2.60 bits per heavy atom. The van der Waals surface area contributed by atoms with E-state index >= 15 is 0 Å². The number of anilines is 1. The van der Waals surface area contributed by atoms with E-state index in [0.29, 0.717) is 0 Å². The third kappa shape index (κ3) is 3.13. The van der Waals surface area contributed by atoms with E-state index in [4.69, 9.17) is 0 Å². The van der Waals surface area contributed by atoms with Gasteiger partial charge in [0.2, 0.25) is 0 Å². The summed E-state index contributed by atoms with van der Waals surface area (Å²) in [6.07, 6.45) is 8.91. The Hall–Kier alpha value is -1.13. The van der Waals surface area contributed by atoms with E-state index in [0.717, 1.165) is 24.6 Å². The molecular weight excluding hydrogens is 250 g/mol. The van der Waals surface area contributed by atoms with Crippen LogP contribution in [0.4, 0.5) is 5.69 Å². The van der Waals surface area contributed by atoms with Crippen molar-refractivity contribution in [3.8, 4) is 0 Å². The van der Waals surface area contributed by atoms with Gasteiger partial charge in [0, 0.05) is 43.3 Å². The monoisotopic (exact) mass is 275 g/mol. The van der Waals surface area contributed by atoms with E-state index in [1.165, 1.54) is 51.0 Å². The first-order valence-corrected chi connectivity index (χ1v) is 7.88. The molecule has 20 heavy (non-hydrogen) atoms. The maximum atomic E-state index is 9.42. The number of aliphatic hydroxyl groups is 1. The molecule has 0 aromatic carbocycles. The average molecular weight is 275 g/mol. The highest BCUT2D eigenvalue weighted by Crippen LogP contribution is 2.27. The number of aromatic nitrogens is 1. The van der Waals surface area contributed by atoms with Crippen molar-refractivity contribution >= 4 is 5.69 Å². The Morgan fingerprint density at radius 1 is 1.15 bits per heavy atom. The van der Waals surface area contributed by atoms with Gasteiger partial charge in [0.1, 0.15) is 0 Å². The molecule has 1 aromatic rings. The maximum Gasteiger partial charge on any atom is 0.0717 e. The highest BCUT2D eigenvalue weighted by molar-refractivity contribution is 5.52. The Bertz CT molecular complexity index is 423. The lowest BCUT2D eigenvalue weighted by Gasteiger charge is -2.36. The van der Waals surface area contributed by atoms with Gasteiger partial charge >= 0.3 is 0 Å². The van der Waals surface area contributed by atoms with Crippen LogP contribution in [-0.2, 0) is 6.61 Å². The molecule has 2 aliphatic heterocycles. The fourth-order valence-corrected chi connectivity index (χ4v) is 3.54. The van der Waals surface area contributed by atoms with Gasteiger partial charge in [-0.15, -0.1) is 0 Å². The van der Waals surface area contributed by atoms with Crippen molar-refractivity contribution in [1.82, 2.24) is 9.88 Å². The standard InChI is InChI=1S/C16H25N3O/c20-13-15-11-17-6-3-16(15)19-9-4-14(5-10-19)12-18-7-1-2-8-18/h3,6,11,14,20H,1-2,4-5,7-10,12-13H2. The molecule has 2 aliphatic rings. The molecule has 2 saturated heterocycles. The summed E-state index contributed by atoms with van der Waals surface area (Å²) in [7, 11) is 0. The summed E-state index contributed by atoms with van der Waals surface area (Å²) in [6, 6.07) is 2.03. The minimum Gasteiger partial charge on any atom is -0.392 e. The molecule has 4 heteroatoms. The Balaban J connectivity index is 1.55. The second-order valence-electron chi connectivity index (χ2n) is 6.10. The smallest absolute Gasteiger partial charge is 0.0717 e. The minimum absolute atomic E-state index is 0.0802. The van der Waals surface area contributed by atoms with Gasteiger partial charge in [-0.2, -0.15) is 0 Å². The molecule has 0 spiro atoms. The van der Waals surface area contributed by atoms with Gasteiger partial charge in [-0.25, -0.2) is 0 Å². The second kappa shape index (κ2) is 6.55. The van der Waals surface area contributed by atoms with Gasteiger partial charge in [-0.05, 0) is 50.8 Å². The van der Waals surface area contributed by atoms with Crippen molar-refractivity contribution in [3.63, 3.8) is 0 Å². The molecule has 0 bridgehead atoms. The lowest BCUT2D eigenvalue weighted by atomic mass is 9.95. The summed E-state index contributed by atoms with van der Waals surface area (Å²) in [5, 5.41) is 9.42. The van der Waals surface area contributed by atoms with Crippen LogP contribution in [0, 0.1) is 5.92 Å². The molecule has 1 N–H and O–H groups in total. The number of nitrogens with zero attached hydrogens (tertiary/aromatic N) is 3. The zero-order valence-electron chi connectivity index (χ0n) is 12.2. The highest BCUT2D eigenvalue weighted by Gasteiger charge is 2.23. The second-order valence-corrected chi connectivity index (χ2v) is 6.10. The van der Waals surface area contributed by atoms with Gasteiger partial charge in [-0.3, -0.25) is 4.98 Å². The van der Waals surface area contributed by atoms with Crippen molar-refractivity contribution in [1.29, 1.82) is 0 Å². The summed E-state index contributed by atoms with van der Waals surface area (Å²) >= 11 is 0. The maximum absolute atomic E-state index is 9.42. The van der Waals surface area contributed by atoms with Gasteiger partial charge in [0.05, 0.1) is 6.61 Å². The number of rotatable bonds is 4. The van der Waals surface area contributed by atoms with E-state index < -0.39 is 0 Å². The van der Waals surface area contributed by atoms with Crippen LogP contribution in [0.2, 0.25) is 0 Å². The molecule has 4 nitrogen and oxygen atoms in total. The van der Waals surface area contributed by atoms with Gasteiger partial charge in [-0.1, -0.05) is 0 Å². The fourth-order valence-electron chi connectivity index (χ4n) is 3.54. The van der Waals surface area contributed by atoms with Crippen molar-refractivity contribution < 1.29 is 5.11 Å². The minimum atomic E-state index is 0.0802. The predicted octanol–water partition coefficient (Wildman–Crippen LogP) is 1.89. The van der Waals surface area contributed by atoms with Crippen LogP contribution in [0.5, 0.6) is 0 Å². The molecular formula is C16H25N3O. The average Bonchev–Trinajstić information content (AvgIpc) is 3.01. The zero-order valence-corrected chi connectivity index (χ0v) is 12.2. The van der Waals surface area contributed by atoms with E-state index in [1.54, 1.807) is 6.20 Å². The number of aliphatic hydroxyl groups excluding tert-OH is 1. The lowest BCUT2D eigenvalue weighted by molar-refractivity contribution is 0.248. The first-order chi connectivity index (χ1) is 9.86. The van der Waals surface area contributed by atoms with Gasteiger partial charge < -0.3 is 14.9 Å². The molecule has 1 aromatic heterocycles. The molecule has 0 unspecified atom stereocenters. The van der Waals surface area contributed by atoms with Crippen LogP contribution < -0.4 is 4.90 Å². The third-order valence-corrected chi connectivity index (χ3v) is 4.72. The predicted molar refractivity (Wildman–Crippen MR) is 80.8 cm³/mol. The first-order valence-electron chi connectivity index (χ1n) is 7.88. The Morgan fingerprint density at radius 2 is 1.90 bits per heavy atom. The van der Waals surface area contributed by atoms with Crippen LogP contribution in [-0.4, -0.2) is 47.7 Å². The largest absolute Gasteiger partial charge is 0.392 e. The fraction of sp³-hybridized carbons (Fsp3) is 0.688. The van der Waals surface area contributed by atoms with Gasteiger partial charge in [0.25, 0.3) is 0 Å². The topological polar surface area (TPSA) is 39.6 Å². The van der Waals surface area contributed by atoms with E-state index in [9.17, 15) is 5.11 Å². The molecule has 3 rings (SSSR count). The quantitative estimate of drug-likeness (QED) is 0.911. The molecule has 2 fully saturated rings. The van der Waals surface area contributed by atoms with Crippen LogP contribution >= 0.6 is 0 Å². The van der Waals surface area contributed by atoms with Crippen molar-refractivity contribution in [2.45, 2.75) is 32.3 Å². The molecule has 0 radical (unpaired) electrons. The number of hydrogen-bond acceptors (Lipinski definition) is 4. The van der Waals surface area contributed by atoms with E-state index in [1.807, 2.05) is 12.3 Å². The third-order valence-electron chi connectivity index (χ3n) is 4.72. The van der Waals surface area contributed by atoms with Crippen LogP contribution in [0.15, 0.2) is 18.5 Å². The summed E-state index contributed by atoms with van der Waals surface area (Å²) in [5.41, 5.74) is 2.12. The van der Waals surface area contributed by atoms with E-state index in [-0.39, 0.29) is 6.61 Å². The highest BCUT2D eigenvalue weighted by atomic mass is 16.3. The van der Waals surface area contributed by atoms with E-state index in [2.05, 4.69) is 14.8 Å². The SMILES string of the molecule is OCc1cnccc1N1CCC(CN2CCCC2)CC1. The van der Waals surface area contributed by atoms with Crippen LogP contribution in [0.25, 0.3) is 0 Å². The van der Waals surface area contributed by atoms with Crippen molar-refractivity contribution in [2.75, 3.05) is 37.6 Å². The van der Waals surface area contributed by atoms with Crippen molar-refractivity contribution in [3.05, 3.63) is 24.0 Å². The molecule has 0 aliphatic carbocycles. The first kappa shape index (κ1) is 13.8. The number of hydrogen-bond donors (Lipinski definition) is 1. The molecule has 0 atom stereocenters. The summed E-state index contributed by atoms with van der Waals surface area (Å²) in [6.45, 7) is 6.19. The number of pyridine rings is 1. The van der Waals surface area contributed by atoms with Crippen LogP contribution in [0.3, 0.4) is 0 Å². The zero-order chi connectivity index (χ0) is 13.8. The Kier molecular flexibility index (Phi) is 4.53. The summed E-state index contributed by atoms with van der Waals surface area (Å²) in [5.74, 6) is 0.851. The summed E-state index contributed by atoms with van der Waals surface area (Å²) < 4.78 is 0. The molecule has 0 saturated carbocycles. The molecule has 0 amide bonds. The summed E-state index contributed by atoms with van der Waals surface area (Å²) in [4.78, 5) is 9.14. The van der Waals surface area contributed by atoms with Gasteiger partial charge in [0.15, 0.2) is 0 Å². The number of likely N-dealkylation sites (tertiary alicyclic amines) is 1. The lowest BCUT2D eigenvalue weighted by Crippen LogP contribution is -2.38. The molecule has 110 valence electrons. The molecule has 3 heterocycles. The van der Waals surface area contributed by atoms with Crippen LogP contribution in [0.1, 0.15) is 31.2 Å².